The molecule has 0 radical (unpaired) electrons. The molecule has 0 saturated heterocycles. The molecule has 78 valence electrons. The number of fused-ring (bicyclic) bond motifs is 2. The number of carbonyl (C=O) groups is 1. The van der Waals surface area contributed by atoms with Gasteiger partial charge in [0.2, 0.25) is 5.91 Å². The number of nitrogens with one attached hydrogen (secondary N) is 1. The molecule has 2 aliphatic rings. The molecular weight excluding hydrogens is 178 g/mol. The fraction of sp³-hybridized carbons (Fsp3) is 0.727. The number of carbonyl (C=O) groups excluding carboxylic acids is 1. The van der Waals surface area contributed by atoms with Gasteiger partial charge in [0.1, 0.15) is 0 Å². The van der Waals surface area contributed by atoms with Crippen LogP contribution in [0.3, 0.4) is 0 Å². The summed E-state index contributed by atoms with van der Waals surface area (Å²) in [5.41, 5.74) is 0. The van der Waals surface area contributed by atoms with Gasteiger partial charge in [-0.3, -0.25) is 4.79 Å². The van der Waals surface area contributed by atoms with Crippen molar-refractivity contribution in [2.75, 3.05) is 13.2 Å². The quantitative estimate of drug-likeness (QED) is 0.512. The molecule has 0 aromatic heterocycles. The van der Waals surface area contributed by atoms with E-state index in [1.165, 1.54) is 0 Å². The molecule has 3 nitrogen and oxygen atoms in total. The Morgan fingerprint density at radius 1 is 1.43 bits per heavy atom. The summed E-state index contributed by atoms with van der Waals surface area (Å²) in [4.78, 5) is 11.7. The Labute approximate surface area is 84.2 Å². The summed E-state index contributed by atoms with van der Waals surface area (Å²) >= 11 is 0. The van der Waals surface area contributed by atoms with Crippen molar-refractivity contribution in [2.24, 2.45) is 17.8 Å². The van der Waals surface area contributed by atoms with Crippen LogP contribution in [-0.2, 0) is 4.79 Å². The Hall–Kier alpha value is -0.830. The van der Waals surface area contributed by atoms with Crippen molar-refractivity contribution >= 4 is 5.91 Å². The van der Waals surface area contributed by atoms with Gasteiger partial charge in [0.15, 0.2) is 0 Å². The van der Waals surface area contributed by atoms with Crippen LogP contribution in [0, 0.1) is 17.8 Å². The molecule has 1 saturated carbocycles. The van der Waals surface area contributed by atoms with Crippen molar-refractivity contribution in [3.63, 3.8) is 0 Å². The van der Waals surface area contributed by atoms with Gasteiger partial charge in [-0.2, -0.15) is 0 Å². The van der Waals surface area contributed by atoms with Crippen LogP contribution < -0.4 is 5.32 Å². The van der Waals surface area contributed by atoms with E-state index in [9.17, 15) is 4.79 Å². The van der Waals surface area contributed by atoms with E-state index in [0.717, 1.165) is 12.8 Å². The van der Waals surface area contributed by atoms with E-state index >= 15 is 0 Å². The number of aliphatic hydroxyl groups excluding tert-OH is 1. The van der Waals surface area contributed by atoms with Crippen LogP contribution in [0.5, 0.6) is 0 Å². The second-order valence-corrected chi connectivity index (χ2v) is 4.25. The van der Waals surface area contributed by atoms with E-state index in [4.69, 9.17) is 5.11 Å². The molecule has 2 N–H and O–H groups in total. The maximum absolute atomic E-state index is 11.7. The molecule has 14 heavy (non-hydrogen) atoms. The lowest BCUT2D eigenvalue weighted by molar-refractivity contribution is -0.125. The minimum atomic E-state index is 0.150. The van der Waals surface area contributed by atoms with E-state index in [1.54, 1.807) is 0 Å². The highest BCUT2D eigenvalue weighted by Crippen LogP contribution is 2.43. The second kappa shape index (κ2) is 4.13. The summed E-state index contributed by atoms with van der Waals surface area (Å²) in [5.74, 6) is 1.50. The lowest BCUT2D eigenvalue weighted by atomic mass is 9.93. The Kier molecular flexibility index (Phi) is 2.87. The van der Waals surface area contributed by atoms with E-state index < -0.39 is 0 Å². The predicted molar refractivity (Wildman–Crippen MR) is 53.6 cm³/mol. The minimum absolute atomic E-state index is 0.150. The number of allylic oxidation sites excluding steroid dienone is 2. The van der Waals surface area contributed by atoms with Gasteiger partial charge in [-0.25, -0.2) is 0 Å². The SMILES string of the molecule is O=C(NCCCO)C1CC2C=CC1C2. The van der Waals surface area contributed by atoms with Crippen molar-refractivity contribution < 1.29 is 9.90 Å². The number of hydrogen-bond acceptors (Lipinski definition) is 2. The third-order valence-electron chi connectivity index (χ3n) is 3.25. The Morgan fingerprint density at radius 2 is 2.29 bits per heavy atom. The van der Waals surface area contributed by atoms with Crippen molar-refractivity contribution in [3.05, 3.63) is 12.2 Å². The van der Waals surface area contributed by atoms with E-state index in [2.05, 4.69) is 17.5 Å². The predicted octanol–water partition coefficient (Wildman–Crippen LogP) is 0.697. The average Bonchev–Trinajstić information content (AvgIpc) is 2.79. The van der Waals surface area contributed by atoms with Crippen molar-refractivity contribution in [2.45, 2.75) is 19.3 Å². The monoisotopic (exact) mass is 195 g/mol. The summed E-state index contributed by atoms with van der Waals surface area (Å²) in [7, 11) is 0. The van der Waals surface area contributed by atoms with Crippen LogP contribution in [0.15, 0.2) is 12.2 Å². The molecule has 3 heteroatoms. The molecule has 1 amide bonds. The summed E-state index contributed by atoms with van der Waals surface area (Å²) < 4.78 is 0. The summed E-state index contributed by atoms with van der Waals surface area (Å²) in [6.07, 6.45) is 7.26. The smallest absolute Gasteiger partial charge is 0.223 e. The number of rotatable bonds is 4. The lowest BCUT2D eigenvalue weighted by Gasteiger charge is -2.17. The largest absolute Gasteiger partial charge is 0.396 e. The Morgan fingerprint density at radius 3 is 2.86 bits per heavy atom. The third-order valence-corrected chi connectivity index (χ3v) is 3.25. The summed E-state index contributed by atoms with van der Waals surface area (Å²) in [6, 6.07) is 0. The van der Waals surface area contributed by atoms with Gasteiger partial charge in [0.05, 0.1) is 0 Å². The van der Waals surface area contributed by atoms with Gasteiger partial charge in [-0.15, -0.1) is 0 Å². The highest BCUT2D eigenvalue weighted by Gasteiger charge is 2.39. The lowest BCUT2D eigenvalue weighted by Crippen LogP contribution is -2.33. The van der Waals surface area contributed by atoms with Gasteiger partial charge in [0, 0.05) is 19.1 Å². The molecule has 0 aromatic carbocycles. The first kappa shape index (κ1) is 9.71. The Balaban J connectivity index is 1.79. The number of amides is 1. The zero-order chi connectivity index (χ0) is 9.97. The highest BCUT2D eigenvalue weighted by molar-refractivity contribution is 5.79. The topological polar surface area (TPSA) is 49.3 Å². The van der Waals surface area contributed by atoms with Crippen LogP contribution in [0.25, 0.3) is 0 Å². The summed E-state index contributed by atoms with van der Waals surface area (Å²) in [5, 5.41) is 11.5. The first-order valence-corrected chi connectivity index (χ1v) is 5.38. The molecular formula is C11H17NO2. The van der Waals surface area contributed by atoms with Crippen molar-refractivity contribution in [3.8, 4) is 0 Å². The van der Waals surface area contributed by atoms with Crippen LogP contribution >= 0.6 is 0 Å². The standard InChI is InChI=1S/C11H17NO2/c13-5-1-4-12-11(14)10-7-8-2-3-9(10)6-8/h2-3,8-10,13H,1,4-7H2,(H,12,14). The van der Waals surface area contributed by atoms with Crippen molar-refractivity contribution in [1.82, 2.24) is 5.32 Å². The molecule has 2 aliphatic carbocycles. The number of aliphatic hydroxyl groups is 1. The average molecular weight is 195 g/mol. The molecule has 3 unspecified atom stereocenters. The molecule has 0 aliphatic heterocycles. The molecule has 3 atom stereocenters. The van der Waals surface area contributed by atoms with Gasteiger partial charge < -0.3 is 10.4 Å². The van der Waals surface area contributed by atoms with Crippen LogP contribution in [-0.4, -0.2) is 24.2 Å². The summed E-state index contributed by atoms with van der Waals surface area (Å²) in [6.45, 7) is 0.754. The van der Waals surface area contributed by atoms with Crippen molar-refractivity contribution in [1.29, 1.82) is 0 Å². The van der Waals surface area contributed by atoms with Gasteiger partial charge in [-0.05, 0) is 31.1 Å². The fourth-order valence-electron chi connectivity index (χ4n) is 2.50. The first-order chi connectivity index (χ1) is 6.81. The molecule has 0 heterocycles. The maximum Gasteiger partial charge on any atom is 0.223 e. The van der Waals surface area contributed by atoms with E-state index in [0.29, 0.717) is 24.8 Å². The molecule has 1 fully saturated rings. The van der Waals surface area contributed by atoms with Crippen LogP contribution in [0.4, 0.5) is 0 Å². The molecule has 0 aromatic rings. The van der Waals surface area contributed by atoms with Gasteiger partial charge in [-0.1, -0.05) is 12.2 Å². The normalized spacial score (nSPS) is 33.6. The van der Waals surface area contributed by atoms with Crippen LogP contribution in [0.2, 0.25) is 0 Å². The fourth-order valence-corrected chi connectivity index (χ4v) is 2.50. The zero-order valence-corrected chi connectivity index (χ0v) is 8.28. The first-order valence-electron chi connectivity index (χ1n) is 5.38. The van der Waals surface area contributed by atoms with Gasteiger partial charge in [0.25, 0.3) is 0 Å². The van der Waals surface area contributed by atoms with Gasteiger partial charge >= 0.3 is 0 Å². The zero-order valence-electron chi connectivity index (χ0n) is 8.28. The maximum atomic E-state index is 11.7. The number of hydrogen-bond donors (Lipinski definition) is 2. The van der Waals surface area contributed by atoms with Crippen LogP contribution in [0.1, 0.15) is 19.3 Å². The second-order valence-electron chi connectivity index (χ2n) is 4.25. The molecule has 0 spiro atoms. The molecule has 2 bridgehead atoms. The highest BCUT2D eigenvalue weighted by atomic mass is 16.3. The minimum Gasteiger partial charge on any atom is -0.396 e. The van der Waals surface area contributed by atoms with E-state index in [1.807, 2.05) is 0 Å². The third kappa shape index (κ3) is 1.82. The van der Waals surface area contributed by atoms with E-state index in [-0.39, 0.29) is 18.4 Å². The Bertz CT molecular complexity index is 250. The molecule has 2 rings (SSSR count).